The van der Waals surface area contributed by atoms with Crippen LogP contribution in [0.25, 0.3) is 0 Å². The Balaban J connectivity index is 0.999. The molecule has 456 valence electrons. The van der Waals surface area contributed by atoms with Crippen molar-refractivity contribution in [1.29, 1.82) is 0 Å². The Morgan fingerprint density at radius 2 is 0.729 bits per heavy atom. The monoisotopic (exact) mass is 1160 g/mol. The Morgan fingerprint density at radius 3 is 1.04 bits per heavy atom. The maximum Gasteiger partial charge on any atom is 0.246 e. The zero-order chi connectivity index (χ0) is 60.2. The fourth-order valence-corrected chi connectivity index (χ4v) is 13.1. The van der Waals surface area contributed by atoms with E-state index in [1.165, 1.54) is 0 Å². The molecule has 8 amide bonds. The van der Waals surface area contributed by atoms with Crippen LogP contribution in [0.5, 0.6) is 0 Å². The first-order valence-corrected chi connectivity index (χ1v) is 31.2. The number of nitrogens with zero attached hydrogens (tertiary/aromatic N) is 2. The molecule has 2 aliphatic heterocycles. The number of hydrogen-bond donors (Lipinski definition) is 8. The van der Waals surface area contributed by atoms with Gasteiger partial charge < -0.3 is 52.3 Å². The second kappa shape index (κ2) is 31.6. The molecular formula is C67H90N10O8. The number of carbonyl (C=O) groups excluding carboxylic acids is 8. The Bertz CT molecular complexity index is 2570. The van der Waals surface area contributed by atoms with Gasteiger partial charge in [-0.05, 0) is 120 Å². The SMILES string of the molecule is CN[C@@H](C)C(=O)N[C@H](C(=O)N1CCCC1C(=O)N[C@H](C(=O)NCCCNC(=O)[C@@H](NC(=O)[C@@H]1CCCN1C(=O)[C@@H](NC(=O)[C@H](C)NC)C1CCCCC1)C(c1ccccc1)c1ccccc1)C(c1ccccc1)c1ccccc1)C1CCCCC1. The lowest BCUT2D eigenvalue weighted by atomic mass is 9.83. The fourth-order valence-electron chi connectivity index (χ4n) is 13.1. The second-order valence-electron chi connectivity index (χ2n) is 23.7. The van der Waals surface area contributed by atoms with Crippen LogP contribution in [0.3, 0.4) is 0 Å². The minimum atomic E-state index is -1.14. The molecule has 0 aromatic heterocycles. The number of likely N-dealkylation sites (tertiary alicyclic amines) is 2. The fraction of sp³-hybridized carbons (Fsp3) is 0.522. The van der Waals surface area contributed by atoms with Crippen LogP contribution < -0.4 is 42.5 Å². The van der Waals surface area contributed by atoms with Gasteiger partial charge in [0.25, 0.3) is 0 Å². The van der Waals surface area contributed by atoms with Gasteiger partial charge in [-0.15, -0.1) is 0 Å². The van der Waals surface area contributed by atoms with Gasteiger partial charge in [0.2, 0.25) is 47.3 Å². The van der Waals surface area contributed by atoms with E-state index in [0.29, 0.717) is 38.8 Å². The molecule has 2 saturated carbocycles. The zero-order valence-electron chi connectivity index (χ0n) is 50.1. The van der Waals surface area contributed by atoms with E-state index in [-0.39, 0.29) is 55.0 Å². The van der Waals surface area contributed by atoms with Gasteiger partial charge in [-0.2, -0.15) is 0 Å². The largest absolute Gasteiger partial charge is 0.354 e. The van der Waals surface area contributed by atoms with E-state index >= 15 is 0 Å². The number of hydrogen-bond acceptors (Lipinski definition) is 10. The molecule has 4 aromatic rings. The molecule has 18 nitrogen and oxygen atoms in total. The minimum Gasteiger partial charge on any atom is -0.354 e. The van der Waals surface area contributed by atoms with Crippen LogP contribution in [0.4, 0.5) is 0 Å². The van der Waals surface area contributed by atoms with E-state index in [9.17, 15) is 38.4 Å². The van der Waals surface area contributed by atoms with E-state index in [2.05, 4.69) is 42.5 Å². The van der Waals surface area contributed by atoms with Crippen LogP contribution in [0.15, 0.2) is 121 Å². The van der Waals surface area contributed by atoms with Gasteiger partial charge in [0.05, 0.1) is 12.1 Å². The first-order valence-electron chi connectivity index (χ1n) is 31.2. The number of carbonyl (C=O) groups is 8. The Morgan fingerprint density at radius 1 is 0.412 bits per heavy atom. The summed E-state index contributed by atoms with van der Waals surface area (Å²) in [5.41, 5.74) is 3.16. The molecule has 2 aliphatic carbocycles. The third-order valence-electron chi connectivity index (χ3n) is 18.1. The van der Waals surface area contributed by atoms with Crippen molar-refractivity contribution in [3.05, 3.63) is 144 Å². The summed E-state index contributed by atoms with van der Waals surface area (Å²) >= 11 is 0. The van der Waals surface area contributed by atoms with E-state index in [4.69, 9.17) is 0 Å². The van der Waals surface area contributed by atoms with Gasteiger partial charge in [-0.3, -0.25) is 38.4 Å². The van der Waals surface area contributed by atoms with Crippen molar-refractivity contribution in [2.45, 2.75) is 170 Å². The third kappa shape index (κ3) is 16.5. The molecule has 2 saturated heterocycles. The number of nitrogens with one attached hydrogen (secondary N) is 8. The van der Waals surface area contributed by atoms with Gasteiger partial charge in [0, 0.05) is 38.0 Å². The molecule has 4 fully saturated rings. The molecule has 4 aliphatic rings. The molecule has 18 heteroatoms. The molecule has 2 heterocycles. The number of benzene rings is 4. The molecular weight excluding hydrogens is 1070 g/mol. The highest BCUT2D eigenvalue weighted by Crippen LogP contribution is 2.34. The summed E-state index contributed by atoms with van der Waals surface area (Å²) in [7, 11) is 3.39. The summed E-state index contributed by atoms with van der Waals surface area (Å²) in [5, 5.41) is 24.5. The van der Waals surface area contributed by atoms with Gasteiger partial charge in [-0.25, -0.2) is 0 Å². The van der Waals surface area contributed by atoms with Gasteiger partial charge in [-0.1, -0.05) is 160 Å². The van der Waals surface area contributed by atoms with Crippen molar-refractivity contribution in [3.8, 4) is 0 Å². The summed E-state index contributed by atoms with van der Waals surface area (Å²) in [4.78, 5) is 119. The molecule has 8 atom stereocenters. The molecule has 1 unspecified atom stereocenters. The topological polar surface area (TPSA) is 239 Å². The van der Waals surface area contributed by atoms with Crippen LogP contribution in [0.2, 0.25) is 0 Å². The Kier molecular flexibility index (Phi) is 23.7. The summed E-state index contributed by atoms with van der Waals surface area (Å²) < 4.78 is 0. The Hall–Kier alpha value is -7.44. The van der Waals surface area contributed by atoms with E-state index in [1.54, 1.807) is 37.7 Å². The third-order valence-corrected chi connectivity index (χ3v) is 18.1. The lowest BCUT2D eigenvalue weighted by Gasteiger charge is -2.36. The average molecular weight is 1160 g/mol. The summed E-state index contributed by atoms with van der Waals surface area (Å²) in [6, 6.07) is 31.4. The average Bonchev–Trinajstić information content (AvgIpc) is 4.09. The van der Waals surface area contributed by atoms with Crippen LogP contribution >= 0.6 is 0 Å². The van der Waals surface area contributed by atoms with Gasteiger partial charge in [0.1, 0.15) is 36.3 Å². The van der Waals surface area contributed by atoms with Crippen molar-refractivity contribution in [1.82, 2.24) is 52.3 Å². The number of amides is 8. The molecule has 4 aromatic carbocycles. The van der Waals surface area contributed by atoms with E-state index in [0.717, 1.165) is 86.5 Å². The van der Waals surface area contributed by atoms with Crippen molar-refractivity contribution in [2.24, 2.45) is 11.8 Å². The van der Waals surface area contributed by atoms with Crippen molar-refractivity contribution < 1.29 is 38.4 Å². The summed E-state index contributed by atoms with van der Waals surface area (Å²) in [5.74, 6) is -4.42. The van der Waals surface area contributed by atoms with E-state index < -0.39 is 83.8 Å². The lowest BCUT2D eigenvalue weighted by molar-refractivity contribution is -0.143. The second-order valence-corrected chi connectivity index (χ2v) is 23.7. The standard InChI is InChI=1S/C67H90N10O8/c1-44(68-3)60(78)72-56(50-34-19-9-20-35-50)66(84)76-42-23-38-52(76)62(80)74-58(54(46-26-11-5-12-27-46)47-28-13-6-14-29-47)64(82)70-40-25-41-71-65(83)59(55(48-30-15-7-16-31-48)49-32-17-8-18-33-49)75-63(81)53-39-24-43-77(53)67(85)57(51-36-21-10-22-37-51)73-61(79)45(2)69-4/h5-8,11-18,26-33,44-45,50-59,68-69H,9-10,19-25,34-43H2,1-4H3,(H,70,82)(H,71,83)(H,72,78)(H,73,79)(H,74,80)(H,75,81)/t44-,45-,52-,53?,56-,57-,58-,59-/m0/s1. The van der Waals surface area contributed by atoms with Gasteiger partial charge in [0.15, 0.2) is 0 Å². The number of rotatable bonds is 26. The van der Waals surface area contributed by atoms with E-state index in [1.807, 2.05) is 121 Å². The van der Waals surface area contributed by atoms with Gasteiger partial charge >= 0.3 is 0 Å². The predicted molar refractivity (Wildman–Crippen MR) is 327 cm³/mol. The molecule has 8 rings (SSSR count). The predicted octanol–water partition coefficient (Wildman–Crippen LogP) is 5.57. The van der Waals surface area contributed by atoms with Crippen LogP contribution in [-0.4, -0.2) is 146 Å². The summed E-state index contributed by atoms with van der Waals surface area (Å²) in [6.45, 7) is 4.36. The number of likely N-dealkylation sites (N-methyl/N-ethyl adjacent to an activating group) is 2. The van der Waals surface area contributed by atoms with Crippen molar-refractivity contribution in [2.75, 3.05) is 40.3 Å². The zero-order valence-corrected chi connectivity index (χ0v) is 50.1. The Labute approximate surface area is 501 Å². The maximum atomic E-state index is 14.9. The highest BCUT2D eigenvalue weighted by atomic mass is 16.2. The van der Waals surface area contributed by atoms with Crippen LogP contribution in [0.1, 0.15) is 144 Å². The molecule has 8 N–H and O–H groups in total. The lowest BCUT2D eigenvalue weighted by Crippen LogP contribution is -2.60. The van der Waals surface area contributed by atoms with Crippen molar-refractivity contribution in [3.63, 3.8) is 0 Å². The molecule has 0 spiro atoms. The quantitative estimate of drug-likeness (QED) is 0.0364. The van der Waals surface area contributed by atoms with Crippen molar-refractivity contribution >= 4 is 47.3 Å². The van der Waals surface area contributed by atoms with Crippen LogP contribution in [-0.2, 0) is 38.4 Å². The first kappa shape index (κ1) is 63.6. The highest BCUT2D eigenvalue weighted by molar-refractivity contribution is 5.97. The molecule has 85 heavy (non-hydrogen) atoms. The molecule has 0 bridgehead atoms. The summed E-state index contributed by atoms with van der Waals surface area (Å²) in [6.07, 6.45) is 11.3. The maximum absolute atomic E-state index is 14.9. The minimum absolute atomic E-state index is 0.0693. The molecule has 0 radical (unpaired) electrons. The van der Waals surface area contributed by atoms with Crippen LogP contribution in [0, 0.1) is 11.8 Å². The smallest absolute Gasteiger partial charge is 0.246 e. The first-order chi connectivity index (χ1) is 41.3. The highest BCUT2D eigenvalue weighted by Gasteiger charge is 2.45. The normalized spacial score (nSPS) is 19.6.